The van der Waals surface area contributed by atoms with Gasteiger partial charge in [-0.2, -0.15) is 0 Å². The predicted octanol–water partition coefficient (Wildman–Crippen LogP) is 0.101. The third-order valence-electron chi connectivity index (χ3n) is 0.708. The van der Waals surface area contributed by atoms with Gasteiger partial charge in [0.05, 0.1) is 0 Å². The molecule has 1 aliphatic rings. The third kappa shape index (κ3) is 1.03. The van der Waals surface area contributed by atoms with Gasteiger partial charge in [-0.05, 0) is 0 Å². The van der Waals surface area contributed by atoms with Gasteiger partial charge in [0, 0.05) is 19.0 Å². The second-order valence-corrected chi connectivity index (χ2v) is 1.28. The van der Waals surface area contributed by atoms with Crippen LogP contribution >= 0.6 is 0 Å². The number of allylic oxidation sites excluding steroid dienone is 1. The molecule has 0 bridgehead atoms. The monoisotopic (exact) mass is 95.0 g/mol. The summed E-state index contributed by atoms with van der Waals surface area (Å²) in [4.78, 5) is 10.2. The molecule has 0 unspecified atom stereocenters. The zero-order chi connectivity index (χ0) is 5.11. The van der Waals surface area contributed by atoms with Crippen molar-refractivity contribution >= 4 is 5.91 Å². The molecule has 0 spiro atoms. The molecular weight excluding hydrogens is 90.1 g/mol. The van der Waals surface area contributed by atoms with Gasteiger partial charge in [0.2, 0.25) is 5.91 Å². The Kier molecular flexibility index (Phi) is 1.11. The predicted molar refractivity (Wildman–Crippen MR) is 25.1 cm³/mol. The fraction of sp³-hybridized carbons (Fsp3) is 0.200. The van der Waals surface area contributed by atoms with E-state index in [0.29, 0.717) is 6.42 Å². The summed E-state index contributed by atoms with van der Waals surface area (Å²) in [5.74, 6) is 0.0162. The summed E-state index contributed by atoms with van der Waals surface area (Å²) in [6.45, 7) is 0. The van der Waals surface area contributed by atoms with Crippen LogP contribution in [-0.4, -0.2) is 5.91 Å². The lowest BCUT2D eigenvalue weighted by molar-refractivity contribution is -0.119. The first-order valence-corrected chi connectivity index (χ1v) is 2.07. The summed E-state index contributed by atoms with van der Waals surface area (Å²) in [5, 5.41) is 2.50. The van der Waals surface area contributed by atoms with Crippen molar-refractivity contribution in [1.29, 1.82) is 0 Å². The Morgan fingerprint density at radius 1 is 1.86 bits per heavy atom. The van der Waals surface area contributed by atoms with Crippen LogP contribution in [0.3, 0.4) is 0 Å². The molecule has 0 atom stereocenters. The zero-order valence-corrected chi connectivity index (χ0v) is 3.77. The summed E-state index contributed by atoms with van der Waals surface area (Å²) < 4.78 is 0. The molecule has 0 aromatic heterocycles. The van der Waals surface area contributed by atoms with Crippen molar-refractivity contribution in [2.24, 2.45) is 0 Å². The summed E-state index contributed by atoms with van der Waals surface area (Å²) in [6.07, 6.45) is 6.41. The minimum absolute atomic E-state index is 0.0162. The summed E-state index contributed by atoms with van der Waals surface area (Å²) in [5.41, 5.74) is 0. The number of carbonyl (C=O) groups excluding carboxylic acids is 1. The first kappa shape index (κ1) is 4.37. The highest BCUT2D eigenvalue weighted by Crippen LogP contribution is 1.92. The van der Waals surface area contributed by atoms with E-state index in [2.05, 4.69) is 11.7 Å². The Bertz CT molecular complexity index is 107. The Morgan fingerprint density at radius 3 is 3.00 bits per heavy atom. The largest absolute Gasteiger partial charge is 0.333 e. The molecule has 0 saturated heterocycles. The average Bonchev–Trinajstić information content (AvgIpc) is 1.69. The van der Waals surface area contributed by atoms with Crippen molar-refractivity contribution in [3.05, 3.63) is 18.7 Å². The van der Waals surface area contributed by atoms with Crippen LogP contribution in [-0.2, 0) is 4.79 Å². The lowest BCUT2D eigenvalue weighted by Crippen LogP contribution is -2.19. The van der Waals surface area contributed by atoms with Gasteiger partial charge in [-0.25, -0.2) is 0 Å². The van der Waals surface area contributed by atoms with Gasteiger partial charge in [0.25, 0.3) is 0 Å². The molecule has 36 valence electrons. The average molecular weight is 95.1 g/mol. The van der Waals surface area contributed by atoms with E-state index in [1.165, 1.54) is 0 Å². The van der Waals surface area contributed by atoms with Crippen molar-refractivity contribution in [3.8, 4) is 0 Å². The normalized spacial score (nSPS) is 19.1. The molecule has 0 aromatic rings. The molecule has 1 rings (SSSR count). The number of rotatable bonds is 0. The van der Waals surface area contributed by atoms with Gasteiger partial charge in [-0.3, -0.25) is 4.79 Å². The SMILES string of the molecule is O=C1C[C]C=CN1. The number of hydrogen-bond acceptors (Lipinski definition) is 1. The molecule has 7 heavy (non-hydrogen) atoms. The van der Waals surface area contributed by atoms with E-state index in [0.717, 1.165) is 0 Å². The molecule has 2 heteroatoms. The molecule has 1 N–H and O–H groups in total. The highest BCUT2D eigenvalue weighted by molar-refractivity contribution is 5.79. The summed E-state index contributed by atoms with van der Waals surface area (Å²) in [6, 6.07) is 0. The molecule has 1 heterocycles. The second kappa shape index (κ2) is 1.78. The Balaban J connectivity index is 2.47. The van der Waals surface area contributed by atoms with Crippen LogP contribution in [0.1, 0.15) is 6.42 Å². The van der Waals surface area contributed by atoms with Gasteiger partial charge in [-0.1, -0.05) is 6.08 Å². The zero-order valence-electron chi connectivity index (χ0n) is 3.77. The maximum Gasteiger partial charge on any atom is 0.224 e. The van der Waals surface area contributed by atoms with Crippen molar-refractivity contribution in [1.82, 2.24) is 5.32 Å². The van der Waals surface area contributed by atoms with E-state index < -0.39 is 0 Å². The number of amides is 1. The highest BCUT2D eigenvalue weighted by atomic mass is 16.1. The minimum atomic E-state index is 0.0162. The Hall–Kier alpha value is -0.790. The van der Waals surface area contributed by atoms with E-state index in [4.69, 9.17) is 0 Å². The highest BCUT2D eigenvalue weighted by Gasteiger charge is 1.99. The van der Waals surface area contributed by atoms with Crippen molar-refractivity contribution in [2.75, 3.05) is 0 Å². The van der Waals surface area contributed by atoms with Gasteiger partial charge in [0.15, 0.2) is 0 Å². The van der Waals surface area contributed by atoms with Crippen LogP contribution in [0.25, 0.3) is 0 Å². The first-order chi connectivity index (χ1) is 3.39. The molecular formula is C5H5NO. The molecule has 0 aromatic carbocycles. The smallest absolute Gasteiger partial charge is 0.224 e. The van der Waals surface area contributed by atoms with Crippen molar-refractivity contribution in [3.63, 3.8) is 0 Å². The van der Waals surface area contributed by atoms with Gasteiger partial charge in [0.1, 0.15) is 0 Å². The van der Waals surface area contributed by atoms with Crippen LogP contribution in [0.5, 0.6) is 0 Å². The summed E-state index contributed by atoms with van der Waals surface area (Å²) >= 11 is 0. The Morgan fingerprint density at radius 2 is 2.71 bits per heavy atom. The molecule has 2 radical (unpaired) electrons. The molecule has 0 fully saturated rings. The molecule has 0 aliphatic carbocycles. The van der Waals surface area contributed by atoms with Gasteiger partial charge in [-0.15, -0.1) is 0 Å². The summed E-state index contributed by atoms with van der Waals surface area (Å²) in [7, 11) is 0. The van der Waals surface area contributed by atoms with Crippen LogP contribution < -0.4 is 5.32 Å². The van der Waals surface area contributed by atoms with Crippen molar-refractivity contribution in [2.45, 2.75) is 6.42 Å². The minimum Gasteiger partial charge on any atom is -0.333 e. The molecule has 0 saturated carbocycles. The molecule has 2 nitrogen and oxygen atoms in total. The van der Waals surface area contributed by atoms with Crippen LogP contribution in [0, 0.1) is 6.42 Å². The van der Waals surface area contributed by atoms with Crippen molar-refractivity contribution < 1.29 is 4.79 Å². The van der Waals surface area contributed by atoms with Gasteiger partial charge < -0.3 is 5.32 Å². The topological polar surface area (TPSA) is 29.1 Å². The maximum atomic E-state index is 10.2. The van der Waals surface area contributed by atoms with E-state index in [9.17, 15) is 4.79 Å². The van der Waals surface area contributed by atoms with Gasteiger partial charge >= 0.3 is 0 Å². The fourth-order valence-electron chi connectivity index (χ4n) is 0.396. The van der Waals surface area contributed by atoms with Crippen LogP contribution in [0.4, 0.5) is 0 Å². The van der Waals surface area contributed by atoms with E-state index in [1.54, 1.807) is 12.3 Å². The molecule has 1 aliphatic heterocycles. The molecule has 1 amide bonds. The number of carbonyl (C=O) groups is 1. The van der Waals surface area contributed by atoms with Crippen LogP contribution in [0.2, 0.25) is 0 Å². The van der Waals surface area contributed by atoms with Crippen LogP contribution in [0.15, 0.2) is 12.3 Å². The lowest BCUT2D eigenvalue weighted by atomic mass is 10.2. The lowest BCUT2D eigenvalue weighted by Gasteiger charge is -2.00. The maximum absolute atomic E-state index is 10.2. The van der Waals surface area contributed by atoms with E-state index >= 15 is 0 Å². The third-order valence-corrected chi connectivity index (χ3v) is 0.708. The fourth-order valence-corrected chi connectivity index (χ4v) is 0.396. The Labute approximate surface area is 42.2 Å². The van der Waals surface area contributed by atoms with E-state index in [-0.39, 0.29) is 5.91 Å². The van der Waals surface area contributed by atoms with E-state index in [1.807, 2.05) is 0 Å². The quantitative estimate of drug-likeness (QED) is 0.454. The second-order valence-electron chi connectivity index (χ2n) is 1.28. The number of nitrogens with one attached hydrogen (secondary N) is 1. The standard InChI is InChI=1S/C5H5NO/c7-5-3-1-2-4-6-5/h2,4H,3H2,(H,6,7). The first-order valence-electron chi connectivity index (χ1n) is 2.07. The number of hydrogen-bond donors (Lipinski definition) is 1.